The van der Waals surface area contributed by atoms with E-state index < -0.39 is 6.10 Å². The molecule has 0 aromatic rings. The second-order valence-corrected chi connectivity index (χ2v) is 15.8. The number of esters is 2. The smallest absolute Gasteiger partial charge is 0.306 e. The van der Waals surface area contributed by atoms with Crippen molar-refractivity contribution in [3.05, 3.63) is 109 Å². The van der Waals surface area contributed by atoms with E-state index in [1.807, 2.05) is 0 Å². The molecule has 1 unspecified atom stereocenters. The van der Waals surface area contributed by atoms with E-state index in [0.29, 0.717) is 12.8 Å². The van der Waals surface area contributed by atoms with Crippen molar-refractivity contribution in [2.75, 3.05) is 13.2 Å². The van der Waals surface area contributed by atoms with Crippen molar-refractivity contribution in [3.63, 3.8) is 0 Å². The number of carbonyl (C=O) groups is 2. The van der Waals surface area contributed by atoms with Crippen LogP contribution in [-0.2, 0) is 19.1 Å². The molecule has 60 heavy (non-hydrogen) atoms. The largest absolute Gasteiger partial charge is 0.462 e. The summed E-state index contributed by atoms with van der Waals surface area (Å²) in [6.07, 6.45) is 71.7. The number of aliphatic hydroxyl groups excluding tert-OH is 1. The molecule has 0 saturated heterocycles. The maximum absolute atomic E-state index is 12.2. The van der Waals surface area contributed by atoms with Crippen LogP contribution in [-0.4, -0.2) is 36.4 Å². The van der Waals surface area contributed by atoms with Crippen LogP contribution < -0.4 is 0 Å². The third-order valence-electron chi connectivity index (χ3n) is 10.1. The van der Waals surface area contributed by atoms with Crippen LogP contribution in [0.15, 0.2) is 109 Å². The minimum atomic E-state index is -0.796. The molecule has 0 aliphatic carbocycles. The average Bonchev–Trinajstić information content (AvgIpc) is 3.25. The van der Waals surface area contributed by atoms with E-state index in [2.05, 4.69) is 123 Å². The molecule has 0 aromatic carbocycles. The van der Waals surface area contributed by atoms with Gasteiger partial charge in [-0.15, -0.1) is 0 Å². The van der Waals surface area contributed by atoms with Gasteiger partial charge in [-0.05, 0) is 96.3 Å². The SMILES string of the molecule is CC/C=C\C/C=C\C/C=C\C/C=C\C/C=C\CCCCCC(=O)OC(CO)COC(=O)CCCCCCCCCCCCCCCC/C=C\C/C=C\C/C=C\C/C=C\CC. The summed E-state index contributed by atoms with van der Waals surface area (Å²) >= 11 is 0. The molecule has 0 spiro atoms. The van der Waals surface area contributed by atoms with Gasteiger partial charge < -0.3 is 14.6 Å². The fraction of sp³-hybridized carbons (Fsp3) is 0.636. The Bertz CT molecular complexity index is 1210. The van der Waals surface area contributed by atoms with E-state index in [9.17, 15) is 14.7 Å². The molecule has 0 amide bonds. The predicted molar refractivity (Wildman–Crippen MR) is 260 cm³/mol. The van der Waals surface area contributed by atoms with Crippen LogP contribution in [0, 0.1) is 0 Å². The summed E-state index contributed by atoms with van der Waals surface area (Å²) in [5, 5.41) is 9.61. The minimum absolute atomic E-state index is 0.0855. The molecule has 0 heterocycles. The molecule has 0 fully saturated rings. The maximum Gasteiger partial charge on any atom is 0.306 e. The summed E-state index contributed by atoms with van der Waals surface area (Å²) in [6, 6.07) is 0. The van der Waals surface area contributed by atoms with Gasteiger partial charge in [0.05, 0.1) is 6.61 Å². The topological polar surface area (TPSA) is 72.8 Å². The van der Waals surface area contributed by atoms with Gasteiger partial charge in [-0.25, -0.2) is 0 Å². The molecule has 5 heteroatoms. The minimum Gasteiger partial charge on any atom is -0.462 e. The lowest BCUT2D eigenvalue weighted by Gasteiger charge is -2.15. The highest BCUT2D eigenvalue weighted by atomic mass is 16.6. The predicted octanol–water partition coefficient (Wildman–Crippen LogP) is 16.2. The standard InChI is InChI=1S/C55H90O5/c1-3-5-7-9-11-13-15-17-19-21-23-24-25-26-27-28-29-30-32-33-35-37-39-41-43-45-47-49-54(57)59-52-53(51-56)60-55(58)50-48-46-44-42-40-38-36-34-31-22-20-18-16-14-12-10-8-6-4-2/h5-8,11-14,17-20,23-24,31,34,38,40,53,56H,3-4,9-10,15-16,21-22,25-30,32-33,35-37,39,41-52H2,1-2H3/b7-5-,8-6-,13-11-,14-12-,19-17-,20-18-,24-23-,34-31-,40-38-. The third-order valence-corrected chi connectivity index (χ3v) is 10.1. The number of ether oxygens (including phenoxy) is 2. The van der Waals surface area contributed by atoms with Crippen LogP contribution in [0.2, 0.25) is 0 Å². The first-order valence-electron chi connectivity index (χ1n) is 24.4. The van der Waals surface area contributed by atoms with Crippen LogP contribution >= 0.6 is 0 Å². The number of unbranched alkanes of at least 4 members (excludes halogenated alkanes) is 17. The van der Waals surface area contributed by atoms with Crippen LogP contribution in [0.1, 0.15) is 206 Å². The average molecular weight is 831 g/mol. The van der Waals surface area contributed by atoms with E-state index in [0.717, 1.165) is 103 Å². The Kier molecular flexibility index (Phi) is 47.1. The molecule has 1 atom stereocenters. The lowest BCUT2D eigenvalue weighted by Crippen LogP contribution is -2.28. The number of aliphatic hydroxyl groups is 1. The summed E-state index contributed by atoms with van der Waals surface area (Å²) in [6.45, 7) is 3.88. The zero-order chi connectivity index (χ0) is 43.5. The maximum atomic E-state index is 12.2. The van der Waals surface area contributed by atoms with Gasteiger partial charge in [-0.3, -0.25) is 9.59 Å². The summed E-state index contributed by atoms with van der Waals surface area (Å²) in [4.78, 5) is 24.4. The van der Waals surface area contributed by atoms with Crippen molar-refractivity contribution in [2.24, 2.45) is 0 Å². The van der Waals surface area contributed by atoms with Crippen molar-refractivity contribution in [2.45, 2.75) is 213 Å². The molecule has 0 rings (SSSR count). The molecule has 0 aromatic heterocycles. The van der Waals surface area contributed by atoms with Crippen LogP contribution in [0.5, 0.6) is 0 Å². The summed E-state index contributed by atoms with van der Waals surface area (Å²) < 4.78 is 10.6. The van der Waals surface area contributed by atoms with Crippen LogP contribution in [0.4, 0.5) is 0 Å². The van der Waals surface area contributed by atoms with Gasteiger partial charge in [0.1, 0.15) is 6.61 Å². The second kappa shape index (κ2) is 49.9. The summed E-state index contributed by atoms with van der Waals surface area (Å²) in [5.74, 6) is -0.634. The van der Waals surface area contributed by atoms with Crippen molar-refractivity contribution >= 4 is 11.9 Å². The third kappa shape index (κ3) is 47.2. The van der Waals surface area contributed by atoms with Crippen molar-refractivity contribution in [1.29, 1.82) is 0 Å². The molecule has 1 N–H and O–H groups in total. The van der Waals surface area contributed by atoms with Crippen molar-refractivity contribution < 1.29 is 24.2 Å². The fourth-order valence-corrected chi connectivity index (χ4v) is 6.45. The first-order chi connectivity index (χ1) is 29.6. The van der Waals surface area contributed by atoms with Gasteiger partial charge in [-0.1, -0.05) is 207 Å². The number of hydrogen-bond acceptors (Lipinski definition) is 5. The zero-order valence-electron chi connectivity index (χ0n) is 38.7. The Hall–Kier alpha value is -3.44. The number of hydrogen-bond donors (Lipinski definition) is 1. The highest BCUT2D eigenvalue weighted by molar-refractivity contribution is 5.70. The van der Waals surface area contributed by atoms with Gasteiger partial charge in [0, 0.05) is 12.8 Å². The summed E-state index contributed by atoms with van der Waals surface area (Å²) in [7, 11) is 0. The van der Waals surface area contributed by atoms with E-state index in [-0.39, 0.29) is 25.2 Å². The lowest BCUT2D eigenvalue weighted by molar-refractivity contribution is -0.161. The first kappa shape index (κ1) is 56.6. The van der Waals surface area contributed by atoms with Crippen molar-refractivity contribution in [3.8, 4) is 0 Å². The number of rotatable bonds is 43. The Balaban J connectivity index is 3.57. The normalized spacial score (nSPS) is 13.2. The molecule has 5 nitrogen and oxygen atoms in total. The lowest BCUT2D eigenvalue weighted by atomic mass is 10.0. The fourth-order valence-electron chi connectivity index (χ4n) is 6.45. The Labute approximate surface area is 370 Å². The van der Waals surface area contributed by atoms with Gasteiger partial charge >= 0.3 is 11.9 Å². The van der Waals surface area contributed by atoms with Gasteiger partial charge in [0.2, 0.25) is 0 Å². The highest BCUT2D eigenvalue weighted by Crippen LogP contribution is 2.14. The first-order valence-corrected chi connectivity index (χ1v) is 24.4. The molecule has 0 saturated carbocycles. The molecule has 0 radical (unpaired) electrons. The Morgan fingerprint density at radius 1 is 0.383 bits per heavy atom. The van der Waals surface area contributed by atoms with Crippen molar-refractivity contribution in [1.82, 2.24) is 0 Å². The Morgan fingerprint density at radius 2 is 0.667 bits per heavy atom. The quantitative estimate of drug-likeness (QED) is 0.0376. The molecular weight excluding hydrogens is 741 g/mol. The zero-order valence-corrected chi connectivity index (χ0v) is 38.7. The van der Waals surface area contributed by atoms with Crippen LogP contribution in [0.3, 0.4) is 0 Å². The monoisotopic (exact) mass is 831 g/mol. The van der Waals surface area contributed by atoms with Gasteiger partial charge in [-0.2, -0.15) is 0 Å². The van der Waals surface area contributed by atoms with E-state index in [1.54, 1.807) is 0 Å². The highest BCUT2D eigenvalue weighted by Gasteiger charge is 2.16. The molecule has 0 aliphatic heterocycles. The summed E-state index contributed by atoms with van der Waals surface area (Å²) in [5.41, 5.74) is 0. The molecule has 340 valence electrons. The van der Waals surface area contributed by atoms with E-state index in [4.69, 9.17) is 9.47 Å². The van der Waals surface area contributed by atoms with E-state index in [1.165, 1.54) is 77.0 Å². The molecule has 0 bridgehead atoms. The molecular formula is C55H90O5. The van der Waals surface area contributed by atoms with Gasteiger partial charge in [0.25, 0.3) is 0 Å². The van der Waals surface area contributed by atoms with Gasteiger partial charge in [0.15, 0.2) is 6.10 Å². The second-order valence-electron chi connectivity index (χ2n) is 15.8. The number of allylic oxidation sites excluding steroid dienone is 18. The Morgan fingerprint density at radius 3 is 1.02 bits per heavy atom. The molecule has 0 aliphatic rings. The number of carbonyl (C=O) groups excluding carboxylic acids is 2. The van der Waals surface area contributed by atoms with E-state index >= 15 is 0 Å². The van der Waals surface area contributed by atoms with Crippen LogP contribution in [0.25, 0.3) is 0 Å².